The van der Waals surface area contributed by atoms with Crippen molar-refractivity contribution in [3.8, 4) is 0 Å². The Hall–Kier alpha value is -3.50. The van der Waals surface area contributed by atoms with Crippen molar-refractivity contribution in [3.63, 3.8) is 0 Å². The van der Waals surface area contributed by atoms with Gasteiger partial charge >= 0.3 is 6.18 Å². The van der Waals surface area contributed by atoms with E-state index in [1.165, 1.54) is 28.8 Å². The zero-order chi connectivity index (χ0) is 30.9. The van der Waals surface area contributed by atoms with Gasteiger partial charge in [0.1, 0.15) is 0 Å². The van der Waals surface area contributed by atoms with Crippen molar-refractivity contribution in [2.75, 3.05) is 0 Å². The molecule has 0 radical (unpaired) electrons. The average molecular weight is 552 g/mol. The molecular formula is C34H44F3N3. The van der Waals surface area contributed by atoms with Gasteiger partial charge in [-0.15, -0.1) is 0 Å². The van der Waals surface area contributed by atoms with Crippen molar-refractivity contribution in [1.82, 2.24) is 0 Å². The largest absolute Gasteiger partial charge is 0.416 e. The molecule has 3 aromatic carbocycles. The monoisotopic (exact) mass is 551 g/mol. The average Bonchev–Trinajstić information content (AvgIpc) is 2.83. The number of alkyl halides is 3. The first-order chi connectivity index (χ1) is 18.2. The van der Waals surface area contributed by atoms with Gasteiger partial charge in [0.2, 0.25) is 0 Å². The van der Waals surface area contributed by atoms with E-state index in [0.29, 0.717) is 11.3 Å². The number of halogens is 3. The standard InChI is InChI=1S/C13H18.C11H13F3.C10H13N3/c1-10(2)11-7-6-8-12(9-11)13(3,4)5;1-10(2,3)8-5-4-6-9(7-8)11(12,13)14;1-10(2,3)8-5-4-6-9(7-8)12-13-11/h6-9H,1H2,2-5H3;4-7H,1-3H3;4-7H,1-3H3. The summed E-state index contributed by atoms with van der Waals surface area (Å²) < 4.78 is 37.1. The molecule has 3 nitrogen and oxygen atoms in total. The normalized spacial score (nSPS) is 11.7. The van der Waals surface area contributed by atoms with Crippen LogP contribution in [-0.2, 0) is 22.4 Å². The zero-order valence-corrected chi connectivity index (χ0v) is 25.6. The molecule has 0 saturated heterocycles. The van der Waals surface area contributed by atoms with Crippen LogP contribution in [0.25, 0.3) is 16.0 Å². The third-order valence-corrected chi connectivity index (χ3v) is 6.15. The summed E-state index contributed by atoms with van der Waals surface area (Å²) in [5, 5.41) is 3.56. The van der Waals surface area contributed by atoms with Crippen molar-refractivity contribution in [2.45, 2.75) is 91.7 Å². The highest BCUT2D eigenvalue weighted by Gasteiger charge is 2.31. The summed E-state index contributed by atoms with van der Waals surface area (Å²) in [7, 11) is 0. The van der Waals surface area contributed by atoms with Crippen molar-refractivity contribution in [2.24, 2.45) is 5.11 Å². The van der Waals surface area contributed by atoms with Gasteiger partial charge in [0.05, 0.1) is 5.56 Å². The Balaban J connectivity index is 0.000000300. The summed E-state index contributed by atoms with van der Waals surface area (Å²) >= 11 is 0. The first-order valence-electron chi connectivity index (χ1n) is 13.3. The van der Waals surface area contributed by atoms with Gasteiger partial charge in [0.25, 0.3) is 0 Å². The molecule has 0 aromatic heterocycles. The molecule has 3 aromatic rings. The molecule has 0 aliphatic rings. The van der Waals surface area contributed by atoms with Crippen LogP contribution in [0.3, 0.4) is 0 Å². The van der Waals surface area contributed by atoms with Gasteiger partial charge in [-0.3, -0.25) is 0 Å². The zero-order valence-electron chi connectivity index (χ0n) is 25.6. The predicted octanol–water partition coefficient (Wildman–Crippen LogP) is 11.9. The first kappa shape index (κ1) is 34.5. The Labute approximate surface area is 238 Å². The highest BCUT2D eigenvalue weighted by Crippen LogP contribution is 2.32. The Morgan fingerprint density at radius 3 is 1.48 bits per heavy atom. The fraction of sp³-hybridized carbons (Fsp3) is 0.412. The van der Waals surface area contributed by atoms with Crippen molar-refractivity contribution >= 4 is 11.3 Å². The van der Waals surface area contributed by atoms with Crippen LogP contribution < -0.4 is 0 Å². The van der Waals surface area contributed by atoms with Gasteiger partial charge < -0.3 is 0 Å². The van der Waals surface area contributed by atoms with Crippen molar-refractivity contribution < 1.29 is 13.2 Å². The van der Waals surface area contributed by atoms with E-state index in [-0.39, 0.29) is 16.2 Å². The number of allylic oxidation sites excluding steroid dienone is 1. The van der Waals surface area contributed by atoms with Crippen molar-refractivity contribution in [3.05, 3.63) is 118 Å². The molecule has 0 aliphatic carbocycles. The topological polar surface area (TPSA) is 48.8 Å². The maximum atomic E-state index is 12.4. The minimum absolute atomic E-state index is 0.0982. The molecule has 0 N–H and O–H groups in total. The molecule has 3 rings (SSSR count). The molecule has 40 heavy (non-hydrogen) atoms. The Morgan fingerprint density at radius 2 is 1.05 bits per heavy atom. The van der Waals surface area contributed by atoms with Crippen LogP contribution >= 0.6 is 0 Å². The maximum absolute atomic E-state index is 12.4. The molecule has 0 atom stereocenters. The van der Waals surface area contributed by atoms with E-state index in [1.807, 2.05) is 45.9 Å². The van der Waals surface area contributed by atoms with Crippen molar-refractivity contribution in [1.29, 1.82) is 0 Å². The summed E-state index contributed by atoms with van der Waals surface area (Å²) in [5.74, 6) is 0. The van der Waals surface area contributed by atoms with Crippen LogP contribution in [0.5, 0.6) is 0 Å². The van der Waals surface area contributed by atoms with E-state index >= 15 is 0 Å². The molecule has 0 spiro atoms. The second-order valence-electron chi connectivity index (χ2n) is 12.9. The van der Waals surface area contributed by atoms with Crippen LogP contribution in [0, 0.1) is 0 Å². The number of azide groups is 1. The molecule has 0 amide bonds. The van der Waals surface area contributed by atoms with Crippen LogP contribution in [0.15, 0.2) is 84.5 Å². The molecule has 216 valence electrons. The number of benzene rings is 3. The molecule has 0 saturated carbocycles. The van der Waals surface area contributed by atoms with Gasteiger partial charge in [-0.2, -0.15) is 13.2 Å². The molecular weight excluding hydrogens is 507 g/mol. The lowest BCUT2D eigenvalue weighted by Gasteiger charge is -2.20. The number of nitrogens with zero attached hydrogens (tertiary/aromatic N) is 3. The lowest BCUT2D eigenvalue weighted by Crippen LogP contribution is -2.13. The predicted molar refractivity (Wildman–Crippen MR) is 164 cm³/mol. The Morgan fingerprint density at radius 1 is 0.650 bits per heavy atom. The van der Waals surface area contributed by atoms with E-state index in [4.69, 9.17) is 5.53 Å². The second kappa shape index (κ2) is 13.7. The fourth-order valence-electron chi connectivity index (χ4n) is 3.50. The van der Waals surface area contributed by atoms with Crippen LogP contribution in [-0.4, -0.2) is 0 Å². The molecule has 0 aliphatic heterocycles. The molecule has 0 fully saturated rings. The first-order valence-corrected chi connectivity index (χ1v) is 13.3. The summed E-state index contributed by atoms with van der Waals surface area (Å²) in [6.07, 6.45) is -4.25. The summed E-state index contributed by atoms with van der Waals surface area (Å²) in [5.41, 5.74) is 14.1. The second-order valence-corrected chi connectivity index (χ2v) is 12.9. The van der Waals surface area contributed by atoms with E-state index < -0.39 is 11.7 Å². The highest BCUT2D eigenvalue weighted by atomic mass is 19.4. The van der Waals surface area contributed by atoms with E-state index in [1.54, 1.807) is 12.1 Å². The third-order valence-electron chi connectivity index (χ3n) is 6.15. The van der Waals surface area contributed by atoms with Gasteiger partial charge in [-0.25, -0.2) is 0 Å². The van der Waals surface area contributed by atoms with Crippen LogP contribution in [0.1, 0.15) is 97.1 Å². The smallest absolute Gasteiger partial charge is 0.166 e. The molecule has 0 bridgehead atoms. The van der Waals surface area contributed by atoms with Crippen LogP contribution in [0.4, 0.5) is 18.9 Å². The quantitative estimate of drug-likeness (QED) is 0.173. The maximum Gasteiger partial charge on any atom is 0.416 e. The lowest BCUT2D eigenvalue weighted by atomic mass is 9.85. The van der Waals surface area contributed by atoms with E-state index in [0.717, 1.165) is 11.6 Å². The SMILES string of the molecule is C=C(C)c1cccc(C(C)(C)C)c1.CC(C)(C)c1cccc(C(F)(F)F)c1.CC(C)(C)c1cccc(N=[N+]=[N-])c1. The van der Waals surface area contributed by atoms with Gasteiger partial charge in [0.15, 0.2) is 0 Å². The van der Waals surface area contributed by atoms with Gasteiger partial charge in [-0.1, -0.05) is 140 Å². The lowest BCUT2D eigenvalue weighted by molar-refractivity contribution is -0.137. The summed E-state index contributed by atoms with van der Waals surface area (Å²) in [6.45, 7) is 24.7. The molecule has 0 unspecified atom stereocenters. The summed E-state index contributed by atoms with van der Waals surface area (Å²) in [4.78, 5) is 2.75. The highest BCUT2D eigenvalue weighted by molar-refractivity contribution is 5.62. The number of rotatable bonds is 2. The van der Waals surface area contributed by atoms with Gasteiger partial charge in [-0.05, 0) is 63.1 Å². The van der Waals surface area contributed by atoms with Crippen LogP contribution in [0.2, 0.25) is 0 Å². The molecule has 6 heteroatoms. The number of hydrogen-bond acceptors (Lipinski definition) is 1. The number of hydrogen-bond donors (Lipinski definition) is 0. The summed E-state index contributed by atoms with van der Waals surface area (Å²) in [6, 6.07) is 21.7. The third kappa shape index (κ3) is 11.7. The Kier molecular flexibility index (Phi) is 11.8. The minimum Gasteiger partial charge on any atom is -0.166 e. The van der Waals surface area contributed by atoms with Gasteiger partial charge in [0, 0.05) is 10.6 Å². The minimum atomic E-state index is -4.25. The van der Waals surface area contributed by atoms with E-state index in [2.05, 4.69) is 82.4 Å². The fourth-order valence-corrected chi connectivity index (χ4v) is 3.50. The Bertz CT molecular complexity index is 1230. The molecule has 0 heterocycles. The van der Waals surface area contributed by atoms with E-state index in [9.17, 15) is 13.2 Å².